The Hall–Kier alpha value is -1.02. The minimum Gasteiger partial charge on any atom is -0.493 e. The van der Waals surface area contributed by atoms with Crippen LogP contribution in [0.5, 0.6) is 5.75 Å². The molecule has 2 aliphatic carbocycles. The Balaban J connectivity index is 1.77. The molecule has 0 aromatic heterocycles. The average molecular weight is 273 g/mol. The first-order valence-electron chi connectivity index (χ1n) is 8.32. The summed E-state index contributed by atoms with van der Waals surface area (Å²) in [5, 5.41) is 0. The first-order chi connectivity index (χ1) is 9.86. The monoisotopic (exact) mass is 273 g/mol. The molecule has 2 saturated carbocycles. The molecule has 0 amide bonds. The van der Waals surface area contributed by atoms with Gasteiger partial charge in [-0.2, -0.15) is 0 Å². The van der Waals surface area contributed by atoms with E-state index in [-0.39, 0.29) is 0 Å². The third-order valence-electron chi connectivity index (χ3n) is 4.72. The van der Waals surface area contributed by atoms with Gasteiger partial charge in [-0.05, 0) is 67.7 Å². The highest BCUT2D eigenvalue weighted by atomic mass is 16.5. The van der Waals surface area contributed by atoms with Gasteiger partial charge in [0, 0.05) is 0 Å². The lowest BCUT2D eigenvalue weighted by Gasteiger charge is -2.25. The molecule has 2 heteroatoms. The molecule has 0 heterocycles. The van der Waals surface area contributed by atoms with E-state index >= 15 is 0 Å². The molecule has 0 aliphatic heterocycles. The third-order valence-corrected chi connectivity index (χ3v) is 4.72. The highest BCUT2D eigenvalue weighted by Crippen LogP contribution is 2.39. The number of ether oxygens (including phenoxy) is 1. The van der Waals surface area contributed by atoms with E-state index < -0.39 is 0 Å². The maximum Gasteiger partial charge on any atom is 0.122 e. The average Bonchev–Trinajstić information content (AvgIpc) is 3.31. The van der Waals surface area contributed by atoms with Crippen molar-refractivity contribution in [3.05, 3.63) is 29.3 Å². The normalized spacial score (nSPS) is 20.1. The smallest absolute Gasteiger partial charge is 0.122 e. The summed E-state index contributed by atoms with van der Waals surface area (Å²) in [6, 6.07) is 6.75. The van der Waals surface area contributed by atoms with E-state index in [1.165, 1.54) is 56.1 Å². The van der Waals surface area contributed by atoms with Crippen molar-refractivity contribution in [1.29, 1.82) is 0 Å². The second-order valence-corrected chi connectivity index (χ2v) is 6.50. The van der Waals surface area contributed by atoms with Crippen LogP contribution in [0.4, 0.5) is 0 Å². The Morgan fingerprint density at radius 2 is 1.85 bits per heavy atom. The molecule has 110 valence electrons. The summed E-state index contributed by atoms with van der Waals surface area (Å²) in [5.74, 6) is 2.66. The van der Waals surface area contributed by atoms with Crippen molar-refractivity contribution >= 4 is 0 Å². The highest BCUT2D eigenvalue weighted by Gasteiger charge is 2.24. The molecule has 2 nitrogen and oxygen atoms in total. The van der Waals surface area contributed by atoms with Crippen LogP contribution in [-0.4, -0.2) is 13.2 Å². The Bertz CT molecular complexity index is 433. The maximum atomic E-state index is 6.12. The molecule has 0 atom stereocenters. The van der Waals surface area contributed by atoms with Gasteiger partial charge in [-0.1, -0.05) is 31.4 Å². The van der Waals surface area contributed by atoms with Gasteiger partial charge in [-0.3, -0.25) is 0 Å². The Kier molecular flexibility index (Phi) is 4.62. The Morgan fingerprint density at radius 3 is 2.55 bits per heavy atom. The van der Waals surface area contributed by atoms with Gasteiger partial charge in [0.2, 0.25) is 0 Å². The standard InChI is InChI=1S/C18H27NO/c19-11-10-14-8-9-18(20-13-15-6-7-15)17(12-14)16-4-2-1-3-5-16/h8-9,12,15-16H,1-7,10-11,13,19H2. The third kappa shape index (κ3) is 3.54. The van der Waals surface area contributed by atoms with Crippen LogP contribution in [0.2, 0.25) is 0 Å². The molecule has 0 spiro atoms. The molecule has 2 fully saturated rings. The first-order valence-corrected chi connectivity index (χ1v) is 8.32. The zero-order chi connectivity index (χ0) is 13.8. The molecular formula is C18H27NO. The summed E-state index contributed by atoms with van der Waals surface area (Å²) in [5.41, 5.74) is 8.52. The zero-order valence-electron chi connectivity index (χ0n) is 12.4. The highest BCUT2D eigenvalue weighted by molar-refractivity contribution is 5.40. The van der Waals surface area contributed by atoms with Gasteiger partial charge in [-0.25, -0.2) is 0 Å². The van der Waals surface area contributed by atoms with Crippen LogP contribution in [0.25, 0.3) is 0 Å². The fraction of sp³-hybridized carbons (Fsp3) is 0.667. The van der Waals surface area contributed by atoms with E-state index in [0.29, 0.717) is 5.92 Å². The first kappa shape index (κ1) is 13.9. The van der Waals surface area contributed by atoms with E-state index in [9.17, 15) is 0 Å². The largest absolute Gasteiger partial charge is 0.493 e. The summed E-state index contributed by atoms with van der Waals surface area (Å²) in [4.78, 5) is 0. The molecule has 2 aliphatic rings. The van der Waals surface area contributed by atoms with E-state index in [4.69, 9.17) is 10.5 Å². The van der Waals surface area contributed by atoms with Gasteiger partial charge in [0.25, 0.3) is 0 Å². The fourth-order valence-electron chi connectivity index (χ4n) is 3.28. The molecular weight excluding hydrogens is 246 g/mol. The Morgan fingerprint density at radius 1 is 1.05 bits per heavy atom. The van der Waals surface area contributed by atoms with Crippen molar-refractivity contribution in [2.75, 3.05) is 13.2 Å². The van der Waals surface area contributed by atoms with Gasteiger partial charge < -0.3 is 10.5 Å². The lowest BCUT2D eigenvalue weighted by atomic mass is 9.83. The van der Waals surface area contributed by atoms with Crippen LogP contribution in [0.3, 0.4) is 0 Å². The molecule has 2 N–H and O–H groups in total. The molecule has 0 radical (unpaired) electrons. The lowest BCUT2D eigenvalue weighted by Crippen LogP contribution is -2.10. The van der Waals surface area contributed by atoms with Gasteiger partial charge >= 0.3 is 0 Å². The van der Waals surface area contributed by atoms with E-state index in [1.54, 1.807) is 0 Å². The van der Waals surface area contributed by atoms with Gasteiger partial charge in [0.15, 0.2) is 0 Å². The van der Waals surface area contributed by atoms with E-state index in [0.717, 1.165) is 31.2 Å². The van der Waals surface area contributed by atoms with Crippen LogP contribution in [0.15, 0.2) is 18.2 Å². The summed E-state index contributed by atoms with van der Waals surface area (Å²) >= 11 is 0. The van der Waals surface area contributed by atoms with E-state index in [2.05, 4.69) is 18.2 Å². The predicted molar refractivity (Wildman–Crippen MR) is 83.2 cm³/mol. The summed E-state index contributed by atoms with van der Waals surface area (Å²) in [6.45, 7) is 1.64. The second kappa shape index (κ2) is 6.62. The molecule has 1 aromatic carbocycles. The van der Waals surface area contributed by atoms with Crippen LogP contribution in [-0.2, 0) is 6.42 Å². The van der Waals surface area contributed by atoms with Crippen LogP contribution in [0.1, 0.15) is 62.0 Å². The minimum atomic E-state index is 0.704. The maximum absolute atomic E-state index is 6.12. The summed E-state index contributed by atoms with van der Waals surface area (Å²) < 4.78 is 6.12. The topological polar surface area (TPSA) is 35.2 Å². The number of nitrogens with two attached hydrogens (primary N) is 1. The molecule has 20 heavy (non-hydrogen) atoms. The number of benzene rings is 1. The van der Waals surface area contributed by atoms with Crippen LogP contribution >= 0.6 is 0 Å². The number of rotatable bonds is 6. The van der Waals surface area contributed by atoms with Crippen molar-refractivity contribution < 1.29 is 4.74 Å². The minimum absolute atomic E-state index is 0.704. The van der Waals surface area contributed by atoms with Gasteiger partial charge in [-0.15, -0.1) is 0 Å². The van der Waals surface area contributed by atoms with E-state index in [1.807, 2.05) is 0 Å². The van der Waals surface area contributed by atoms with Gasteiger partial charge in [0.05, 0.1) is 6.61 Å². The zero-order valence-corrected chi connectivity index (χ0v) is 12.4. The summed E-state index contributed by atoms with van der Waals surface area (Å²) in [6.07, 6.45) is 10.5. The molecule has 0 saturated heterocycles. The molecule has 0 bridgehead atoms. The predicted octanol–water partition coefficient (Wildman–Crippen LogP) is 4.02. The fourth-order valence-corrected chi connectivity index (χ4v) is 3.28. The number of hydrogen-bond acceptors (Lipinski definition) is 2. The summed E-state index contributed by atoms with van der Waals surface area (Å²) in [7, 11) is 0. The quantitative estimate of drug-likeness (QED) is 0.849. The molecule has 3 rings (SSSR count). The van der Waals surface area contributed by atoms with Gasteiger partial charge in [0.1, 0.15) is 5.75 Å². The molecule has 1 aromatic rings. The van der Waals surface area contributed by atoms with Crippen molar-refractivity contribution in [3.8, 4) is 5.75 Å². The number of hydrogen-bond donors (Lipinski definition) is 1. The van der Waals surface area contributed by atoms with Crippen molar-refractivity contribution in [1.82, 2.24) is 0 Å². The van der Waals surface area contributed by atoms with Crippen molar-refractivity contribution in [3.63, 3.8) is 0 Å². The van der Waals surface area contributed by atoms with Crippen molar-refractivity contribution in [2.45, 2.75) is 57.3 Å². The van der Waals surface area contributed by atoms with Crippen molar-refractivity contribution in [2.24, 2.45) is 11.7 Å². The molecule has 0 unspecified atom stereocenters. The van der Waals surface area contributed by atoms with Crippen LogP contribution in [0, 0.1) is 5.92 Å². The second-order valence-electron chi connectivity index (χ2n) is 6.50. The van der Waals surface area contributed by atoms with Crippen LogP contribution < -0.4 is 10.5 Å². The SMILES string of the molecule is NCCc1ccc(OCC2CC2)c(C2CCCCC2)c1. The Labute approximate surface area is 122 Å². The lowest BCUT2D eigenvalue weighted by molar-refractivity contribution is 0.291.